The van der Waals surface area contributed by atoms with Crippen LogP contribution in [0.4, 0.5) is 0 Å². The molecular weight excluding hydrogens is 390 g/mol. The maximum Gasteiger partial charge on any atom is 0.268 e. The quantitative estimate of drug-likeness (QED) is 0.438. The number of hydrogen-bond acceptors (Lipinski definition) is 3. The summed E-state index contributed by atoms with van der Waals surface area (Å²) in [7, 11) is 0. The summed E-state index contributed by atoms with van der Waals surface area (Å²) in [5, 5.41) is 0. The van der Waals surface area contributed by atoms with Crippen molar-refractivity contribution in [3.05, 3.63) is 75.7 Å². The molecule has 2 aliphatic rings. The van der Waals surface area contributed by atoms with Gasteiger partial charge < -0.3 is 0 Å². The molecule has 3 nitrogen and oxygen atoms in total. The van der Waals surface area contributed by atoms with Gasteiger partial charge in [0, 0.05) is 11.8 Å². The zero-order valence-electron chi connectivity index (χ0n) is 17.8. The van der Waals surface area contributed by atoms with Gasteiger partial charge in [0.1, 0.15) is 0 Å². The molecule has 0 spiro atoms. The molecule has 0 aromatic heterocycles. The van der Waals surface area contributed by atoms with Gasteiger partial charge in [-0.2, -0.15) is 0 Å². The maximum absolute atomic E-state index is 13.6. The van der Waals surface area contributed by atoms with Crippen LogP contribution >= 0.6 is 11.8 Å². The standard InChI is InChI=1S/C26H29NO2S/c1-18-14-15-22(19(2)16-18)23-24(30-17-20-10-6-5-7-11-20)26(29)27(25(23)28)21-12-8-3-4-9-13-21/h5-7,10-11,14-16,21H,3-4,8-9,12-13,17H2,1-2H3. The van der Waals surface area contributed by atoms with Crippen LogP contribution in [0, 0.1) is 13.8 Å². The summed E-state index contributed by atoms with van der Waals surface area (Å²) in [4.78, 5) is 29.4. The molecule has 1 aliphatic heterocycles. The first-order valence-electron chi connectivity index (χ1n) is 10.9. The van der Waals surface area contributed by atoms with Crippen LogP contribution in [-0.2, 0) is 15.3 Å². The van der Waals surface area contributed by atoms with Crippen LogP contribution < -0.4 is 0 Å². The van der Waals surface area contributed by atoms with Crippen molar-refractivity contribution in [2.24, 2.45) is 0 Å². The van der Waals surface area contributed by atoms with E-state index in [2.05, 4.69) is 25.1 Å². The van der Waals surface area contributed by atoms with Crippen molar-refractivity contribution in [2.75, 3.05) is 0 Å². The highest BCUT2D eigenvalue weighted by atomic mass is 32.2. The average Bonchev–Trinajstić information content (AvgIpc) is 2.91. The zero-order valence-corrected chi connectivity index (χ0v) is 18.6. The molecule has 2 aromatic carbocycles. The summed E-state index contributed by atoms with van der Waals surface area (Å²) in [6.45, 7) is 4.08. The minimum Gasteiger partial charge on any atom is -0.271 e. The minimum absolute atomic E-state index is 0.0306. The zero-order chi connectivity index (χ0) is 21.1. The third-order valence-electron chi connectivity index (χ3n) is 6.14. The van der Waals surface area contributed by atoms with Crippen LogP contribution in [0.2, 0.25) is 0 Å². The van der Waals surface area contributed by atoms with E-state index in [1.54, 1.807) is 4.90 Å². The SMILES string of the molecule is Cc1ccc(C2=C(SCc3ccccc3)C(=O)N(C3CCCCCC3)C2=O)c(C)c1. The van der Waals surface area contributed by atoms with E-state index in [1.807, 2.05) is 37.3 Å². The van der Waals surface area contributed by atoms with E-state index in [0.29, 0.717) is 16.2 Å². The fourth-order valence-electron chi connectivity index (χ4n) is 4.57. The lowest BCUT2D eigenvalue weighted by molar-refractivity contribution is -0.139. The molecule has 0 saturated heterocycles. The number of thioether (sulfide) groups is 1. The number of aryl methyl sites for hydroxylation is 2. The van der Waals surface area contributed by atoms with Crippen LogP contribution in [0.3, 0.4) is 0 Å². The second kappa shape index (κ2) is 9.22. The highest BCUT2D eigenvalue weighted by molar-refractivity contribution is 8.03. The summed E-state index contributed by atoms with van der Waals surface area (Å²) >= 11 is 1.51. The second-order valence-electron chi connectivity index (χ2n) is 8.42. The average molecular weight is 420 g/mol. The molecule has 156 valence electrons. The first-order chi connectivity index (χ1) is 14.6. The van der Waals surface area contributed by atoms with Crippen LogP contribution in [0.1, 0.15) is 60.8 Å². The summed E-state index contributed by atoms with van der Waals surface area (Å²) in [6, 6.07) is 16.3. The van der Waals surface area contributed by atoms with Crippen molar-refractivity contribution in [2.45, 2.75) is 64.2 Å². The summed E-state index contributed by atoms with van der Waals surface area (Å²) in [5.74, 6) is 0.486. The van der Waals surface area contributed by atoms with Crippen molar-refractivity contribution in [1.29, 1.82) is 0 Å². The summed E-state index contributed by atoms with van der Waals surface area (Å²) in [6.07, 6.45) is 6.42. The van der Waals surface area contributed by atoms with Crippen molar-refractivity contribution >= 4 is 29.1 Å². The molecule has 4 heteroatoms. The van der Waals surface area contributed by atoms with Gasteiger partial charge >= 0.3 is 0 Å². The van der Waals surface area contributed by atoms with Crippen molar-refractivity contribution in [3.8, 4) is 0 Å². The second-order valence-corrected chi connectivity index (χ2v) is 9.41. The lowest BCUT2D eigenvalue weighted by Gasteiger charge is -2.25. The van der Waals surface area contributed by atoms with Gasteiger partial charge in [0.25, 0.3) is 11.8 Å². The largest absolute Gasteiger partial charge is 0.271 e. The van der Waals surface area contributed by atoms with Gasteiger partial charge in [-0.15, -0.1) is 11.8 Å². The number of nitrogens with zero attached hydrogens (tertiary/aromatic N) is 1. The molecule has 2 aromatic rings. The van der Waals surface area contributed by atoms with Crippen LogP contribution in [0.25, 0.3) is 5.57 Å². The number of carbonyl (C=O) groups excluding carboxylic acids is 2. The number of carbonyl (C=O) groups is 2. The molecule has 0 radical (unpaired) electrons. The number of benzene rings is 2. The van der Waals surface area contributed by atoms with Gasteiger partial charge in [-0.25, -0.2) is 0 Å². The van der Waals surface area contributed by atoms with E-state index in [9.17, 15) is 9.59 Å². The molecule has 30 heavy (non-hydrogen) atoms. The Bertz CT molecular complexity index is 972. The number of amides is 2. The van der Waals surface area contributed by atoms with E-state index >= 15 is 0 Å². The van der Waals surface area contributed by atoms with E-state index < -0.39 is 0 Å². The van der Waals surface area contributed by atoms with Crippen molar-refractivity contribution < 1.29 is 9.59 Å². The Hall–Kier alpha value is -2.33. The highest BCUT2D eigenvalue weighted by Crippen LogP contribution is 2.41. The fourth-order valence-corrected chi connectivity index (χ4v) is 5.64. The third-order valence-corrected chi connectivity index (χ3v) is 7.28. The molecule has 0 bridgehead atoms. The fraction of sp³-hybridized carbons (Fsp3) is 0.385. The molecule has 1 heterocycles. The Morgan fingerprint density at radius 3 is 2.27 bits per heavy atom. The van der Waals surface area contributed by atoms with Crippen LogP contribution in [0.15, 0.2) is 53.4 Å². The molecule has 0 atom stereocenters. The smallest absolute Gasteiger partial charge is 0.268 e. The van der Waals surface area contributed by atoms with E-state index in [-0.39, 0.29) is 17.9 Å². The molecular formula is C26H29NO2S. The molecule has 1 fully saturated rings. The Morgan fingerprint density at radius 1 is 0.900 bits per heavy atom. The van der Waals surface area contributed by atoms with Crippen molar-refractivity contribution in [3.63, 3.8) is 0 Å². The van der Waals surface area contributed by atoms with Gasteiger partial charge in [0.05, 0.1) is 10.5 Å². The predicted octanol–water partition coefficient (Wildman–Crippen LogP) is 6.04. The molecule has 1 aliphatic carbocycles. The highest BCUT2D eigenvalue weighted by Gasteiger charge is 2.43. The number of rotatable bonds is 5. The van der Waals surface area contributed by atoms with E-state index in [1.165, 1.54) is 24.6 Å². The number of hydrogen-bond donors (Lipinski definition) is 0. The van der Waals surface area contributed by atoms with Gasteiger partial charge in [0.15, 0.2) is 0 Å². The number of imide groups is 1. The first kappa shape index (κ1) is 20.9. The lowest BCUT2D eigenvalue weighted by Crippen LogP contribution is -2.40. The normalized spacial score (nSPS) is 18.3. The Balaban J connectivity index is 1.71. The Morgan fingerprint density at radius 2 is 1.60 bits per heavy atom. The molecule has 2 amide bonds. The monoisotopic (exact) mass is 419 g/mol. The van der Waals surface area contributed by atoms with Gasteiger partial charge in [-0.1, -0.05) is 79.8 Å². The van der Waals surface area contributed by atoms with Crippen LogP contribution in [0.5, 0.6) is 0 Å². The molecule has 1 saturated carbocycles. The van der Waals surface area contributed by atoms with E-state index in [4.69, 9.17) is 0 Å². The lowest BCUT2D eigenvalue weighted by atomic mass is 9.98. The molecule has 4 rings (SSSR count). The third kappa shape index (κ3) is 4.24. The van der Waals surface area contributed by atoms with Gasteiger partial charge in [0.2, 0.25) is 0 Å². The Labute approximate surface area is 183 Å². The van der Waals surface area contributed by atoms with Crippen LogP contribution in [-0.4, -0.2) is 22.8 Å². The van der Waals surface area contributed by atoms with Gasteiger partial charge in [-0.3, -0.25) is 14.5 Å². The maximum atomic E-state index is 13.6. The summed E-state index contributed by atoms with van der Waals surface area (Å²) in [5.41, 5.74) is 4.86. The molecule has 0 N–H and O–H groups in total. The summed E-state index contributed by atoms with van der Waals surface area (Å²) < 4.78 is 0. The Kier molecular flexibility index (Phi) is 6.43. The van der Waals surface area contributed by atoms with Gasteiger partial charge in [-0.05, 0) is 43.4 Å². The minimum atomic E-state index is -0.102. The van der Waals surface area contributed by atoms with Crippen molar-refractivity contribution in [1.82, 2.24) is 4.90 Å². The predicted molar refractivity (Wildman–Crippen MR) is 124 cm³/mol. The molecule has 0 unspecified atom stereocenters. The first-order valence-corrected chi connectivity index (χ1v) is 11.9. The topological polar surface area (TPSA) is 37.4 Å². The van der Waals surface area contributed by atoms with E-state index in [0.717, 1.165) is 47.9 Å².